The number of amides is 1. The largest absolute Gasteiger partial charge is 0.456 e. The molecule has 0 unspecified atom stereocenters. The Morgan fingerprint density at radius 2 is 1.97 bits per heavy atom. The van der Waals surface area contributed by atoms with E-state index in [9.17, 15) is 9.59 Å². The van der Waals surface area contributed by atoms with E-state index in [1.165, 1.54) is 0 Å². The van der Waals surface area contributed by atoms with Crippen molar-refractivity contribution in [3.63, 3.8) is 0 Å². The third-order valence-electron chi connectivity index (χ3n) is 4.10. The standard InChI is InChI=1S/C21H20ClN3O4/c1-2-14-4-3-5-17(12-14)23-18(26)13-28-20(27)11-10-19-24-21(25-29-19)15-6-8-16(22)9-7-15/h3-9,12H,2,10-11,13H2,1H3,(H,23,26). The first-order valence-electron chi connectivity index (χ1n) is 9.16. The van der Waals surface area contributed by atoms with E-state index in [2.05, 4.69) is 15.5 Å². The fraction of sp³-hybridized carbons (Fsp3) is 0.238. The summed E-state index contributed by atoms with van der Waals surface area (Å²) in [7, 11) is 0. The number of nitrogens with one attached hydrogen (secondary N) is 1. The van der Waals surface area contributed by atoms with Gasteiger partial charge >= 0.3 is 5.97 Å². The molecule has 1 amide bonds. The summed E-state index contributed by atoms with van der Waals surface area (Å²) < 4.78 is 10.1. The summed E-state index contributed by atoms with van der Waals surface area (Å²) in [5.41, 5.74) is 2.54. The topological polar surface area (TPSA) is 94.3 Å². The molecule has 0 aliphatic carbocycles. The Morgan fingerprint density at radius 3 is 2.72 bits per heavy atom. The molecule has 1 heterocycles. The van der Waals surface area contributed by atoms with Crippen LogP contribution in [0.3, 0.4) is 0 Å². The summed E-state index contributed by atoms with van der Waals surface area (Å²) in [5.74, 6) is -0.186. The summed E-state index contributed by atoms with van der Waals surface area (Å²) in [6.45, 7) is 1.68. The van der Waals surface area contributed by atoms with E-state index in [1.54, 1.807) is 30.3 Å². The number of nitrogens with zero attached hydrogens (tertiary/aromatic N) is 2. The molecule has 1 aromatic heterocycles. The van der Waals surface area contributed by atoms with Crippen molar-refractivity contribution < 1.29 is 18.8 Å². The van der Waals surface area contributed by atoms with Crippen LogP contribution in [0.1, 0.15) is 24.8 Å². The lowest BCUT2D eigenvalue weighted by Crippen LogP contribution is -2.21. The maximum atomic E-state index is 11.9. The average molecular weight is 414 g/mol. The molecule has 3 aromatic rings. The van der Waals surface area contributed by atoms with Crippen molar-refractivity contribution >= 4 is 29.2 Å². The molecule has 8 heteroatoms. The molecule has 0 aliphatic heterocycles. The van der Waals surface area contributed by atoms with Crippen LogP contribution in [0.5, 0.6) is 0 Å². The number of esters is 1. The van der Waals surface area contributed by atoms with Gasteiger partial charge in [0.15, 0.2) is 6.61 Å². The molecule has 29 heavy (non-hydrogen) atoms. The zero-order valence-electron chi connectivity index (χ0n) is 15.9. The highest BCUT2D eigenvalue weighted by Gasteiger charge is 2.13. The highest BCUT2D eigenvalue weighted by molar-refractivity contribution is 6.30. The van der Waals surface area contributed by atoms with Crippen molar-refractivity contribution in [2.24, 2.45) is 0 Å². The van der Waals surface area contributed by atoms with Gasteiger partial charge in [-0.05, 0) is 48.4 Å². The number of rotatable bonds is 8. The van der Waals surface area contributed by atoms with E-state index in [0.29, 0.717) is 22.4 Å². The molecule has 0 fully saturated rings. The molecule has 0 aliphatic rings. The van der Waals surface area contributed by atoms with Gasteiger partial charge in [-0.2, -0.15) is 4.98 Å². The number of halogens is 1. The van der Waals surface area contributed by atoms with Crippen molar-refractivity contribution in [3.8, 4) is 11.4 Å². The Bertz CT molecular complexity index is 986. The average Bonchev–Trinajstić information content (AvgIpc) is 3.20. The highest BCUT2D eigenvalue weighted by Crippen LogP contribution is 2.19. The van der Waals surface area contributed by atoms with E-state index in [4.69, 9.17) is 20.9 Å². The quantitative estimate of drug-likeness (QED) is 0.559. The van der Waals surface area contributed by atoms with Gasteiger partial charge in [-0.15, -0.1) is 0 Å². The van der Waals surface area contributed by atoms with Gasteiger partial charge < -0.3 is 14.6 Å². The predicted molar refractivity (Wildman–Crippen MR) is 108 cm³/mol. The Morgan fingerprint density at radius 1 is 1.17 bits per heavy atom. The van der Waals surface area contributed by atoms with Gasteiger partial charge in [0.2, 0.25) is 11.7 Å². The number of carbonyl (C=O) groups excluding carboxylic acids is 2. The number of carbonyl (C=O) groups is 2. The zero-order chi connectivity index (χ0) is 20.6. The van der Waals surface area contributed by atoms with Gasteiger partial charge in [-0.1, -0.05) is 35.8 Å². The first-order chi connectivity index (χ1) is 14.0. The summed E-state index contributed by atoms with van der Waals surface area (Å²) in [4.78, 5) is 28.1. The summed E-state index contributed by atoms with van der Waals surface area (Å²) in [6, 6.07) is 14.5. The van der Waals surface area contributed by atoms with Crippen molar-refractivity contribution in [2.75, 3.05) is 11.9 Å². The number of anilines is 1. The van der Waals surface area contributed by atoms with Crippen molar-refractivity contribution in [3.05, 3.63) is 65.0 Å². The molecule has 3 rings (SSSR count). The van der Waals surface area contributed by atoms with Crippen molar-refractivity contribution in [2.45, 2.75) is 26.2 Å². The Hall–Kier alpha value is -3.19. The number of aromatic nitrogens is 2. The Kier molecular flexibility index (Phi) is 6.97. The van der Waals surface area contributed by atoms with Crippen molar-refractivity contribution in [1.29, 1.82) is 0 Å². The molecule has 0 radical (unpaired) electrons. The second-order valence-electron chi connectivity index (χ2n) is 6.28. The fourth-order valence-electron chi connectivity index (χ4n) is 2.57. The number of ether oxygens (including phenoxy) is 1. The van der Waals surface area contributed by atoms with Crippen LogP contribution in [0, 0.1) is 0 Å². The minimum absolute atomic E-state index is 0.0286. The molecular weight excluding hydrogens is 394 g/mol. The van der Waals surface area contributed by atoms with Gasteiger partial charge in [0.1, 0.15) is 0 Å². The Balaban J connectivity index is 1.43. The van der Waals surface area contributed by atoms with Crippen LogP contribution < -0.4 is 5.32 Å². The maximum Gasteiger partial charge on any atom is 0.306 e. The van der Waals surface area contributed by atoms with Crippen LogP contribution in [0.15, 0.2) is 53.1 Å². The van der Waals surface area contributed by atoms with Crippen LogP contribution in [0.25, 0.3) is 11.4 Å². The molecule has 150 valence electrons. The summed E-state index contributed by atoms with van der Waals surface area (Å²) in [5, 5.41) is 7.20. The van der Waals surface area contributed by atoms with Gasteiger partial charge in [-0.3, -0.25) is 9.59 Å². The molecule has 2 aromatic carbocycles. The van der Waals surface area contributed by atoms with Crippen LogP contribution >= 0.6 is 11.6 Å². The minimum Gasteiger partial charge on any atom is -0.456 e. The summed E-state index contributed by atoms with van der Waals surface area (Å²) >= 11 is 5.86. The van der Waals surface area contributed by atoms with Gasteiger partial charge in [0.05, 0.1) is 6.42 Å². The first-order valence-corrected chi connectivity index (χ1v) is 9.54. The second kappa shape index (κ2) is 9.84. The van der Waals surface area contributed by atoms with Gasteiger partial charge in [0.25, 0.3) is 5.91 Å². The first kappa shape index (κ1) is 20.5. The van der Waals surface area contributed by atoms with E-state index >= 15 is 0 Å². The van der Waals surface area contributed by atoms with E-state index < -0.39 is 11.9 Å². The van der Waals surface area contributed by atoms with Gasteiger partial charge in [0, 0.05) is 22.7 Å². The lowest BCUT2D eigenvalue weighted by atomic mass is 10.1. The number of aryl methyl sites for hydroxylation is 2. The summed E-state index contributed by atoms with van der Waals surface area (Å²) in [6.07, 6.45) is 1.12. The van der Waals surface area contributed by atoms with Crippen LogP contribution in [-0.2, 0) is 27.2 Å². The van der Waals surface area contributed by atoms with E-state index in [0.717, 1.165) is 17.5 Å². The molecule has 1 N–H and O–H groups in total. The lowest BCUT2D eigenvalue weighted by Gasteiger charge is -2.07. The third kappa shape index (κ3) is 6.15. The fourth-order valence-corrected chi connectivity index (χ4v) is 2.69. The third-order valence-corrected chi connectivity index (χ3v) is 4.35. The number of hydrogen-bond donors (Lipinski definition) is 1. The normalized spacial score (nSPS) is 10.6. The van der Waals surface area contributed by atoms with Crippen LogP contribution in [-0.4, -0.2) is 28.6 Å². The second-order valence-corrected chi connectivity index (χ2v) is 6.72. The number of benzene rings is 2. The van der Waals surface area contributed by atoms with Gasteiger partial charge in [-0.25, -0.2) is 0 Å². The maximum absolute atomic E-state index is 11.9. The minimum atomic E-state index is -0.520. The molecule has 0 atom stereocenters. The molecular formula is C21H20ClN3O4. The highest BCUT2D eigenvalue weighted by atomic mass is 35.5. The molecule has 0 saturated carbocycles. The van der Waals surface area contributed by atoms with E-state index in [-0.39, 0.29) is 19.4 Å². The van der Waals surface area contributed by atoms with Crippen LogP contribution in [0.4, 0.5) is 5.69 Å². The monoisotopic (exact) mass is 413 g/mol. The van der Waals surface area contributed by atoms with Crippen LogP contribution in [0.2, 0.25) is 5.02 Å². The zero-order valence-corrected chi connectivity index (χ0v) is 16.6. The molecule has 0 spiro atoms. The molecule has 7 nitrogen and oxygen atoms in total. The number of hydrogen-bond acceptors (Lipinski definition) is 6. The smallest absolute Gasteiger partial charge is 0.306 e. The Labute approximate surface area is 173 Å². The van der Waals surface area contributed by atoms with E-state index in [1.807, 2.05) is 25.1 Å². The molecule has 0 saturated heterocycles. The lowest BCUT2D eigenvalue weighted by molar-refractivity contribution is -0.147. The predicted octanol–water partition coefficient (Wildman–Crippen LogP) is 4.07. The molecule has 0 bridgehead atoms. The SMILES string of the molecule is CCc1cccc(NC(=O)COC(=O)CCc2nc(-c3ccc(Cl)cc3)no2)c1. The van der Waals surface area contributed by atoms with Crippen molar-refractivity contribution in [1.82, 2.24) is 10.1 Å².